The van der Waals surface area contributed by atoms with E-state index >= 15 is 0 Å². The van der Waals surface area contributed by atoms with Gasteiger partial charge < -0.3 is 20.1 Å². The Morgan fingerprint density at radius 1 is 1.21 bits per heavy atom. The van der Waals surface area contributed by atoms with Gasteiger partial charge in [-0.3, -0.25) is 4.79 Å². The highest BCUT2D eigenvalue weighted by Gasteiger charge is 2.54. The third kappa shape index (κ3) is 5.13. The molecule has 29 heavy (non-hydrogen) atoms. The van der Waals surface area contributed by atoms with Crippen LogP contribution >= 0.6 is 0 Å². The largest absolute Gasteiger partial charge is 0.573 e. The van der Waals surface area contributed by atoms with E-state index in [1.165, 1.54) is 12.1 Å². The molecule has 6 nitrogen and oxygen atoms in total. The highest BCUT2D eigenvalue weighted by Crippen LogP contribution is 2.53. The quantitative estimate of drug-likeness (QED) is 0.811. The second kappa shape index (κ2) is 7.11. The van der Waals surface area contributed by atoms with Crippen LogP contribution in [0.3, 0.4) is 0 Å². The summed E-state index contributed by atoms with van der Waals surface area (Å²) in [4.78, 5) is 25.1. The van der Waals surface area contributed by atoms with Crippen molar-refractivity contribution in [3.05, 3.63) is 29.3 Å². The number of hydrogen-bond acceptors (Lipinski definition) is 4. The van der Waals surface area contributed by atoms with Gasteiger partial charge in [0.05, 0.1) is 5.56 Å². The third-order valence-electron chi connectivity index (χ3n) is 5.21. The van der Waals surface area contributed by atoms with Crippen LogP contribution in [0.5, 0.6) is 5.75 Å². The molecule has 2 aliphatic rings. The third-order valence-corrected chi connectivity index (χ3v) is 5.21. The Hall–Kier alpha value is -2.45. The Bertz CT molecular complexity index is 803. The number of primary amides is 1. The first-order chi connectivity index (χ1) is 13.3. The monoisotopic (exact) mass is 414 g/mol. The summed E-state index contributed by atoms with van der Waals surface area (Å²) < 4.78 is 47.1. The summed E-state index contributed by atoms with van der Waals surface area (Å²) in [5, 5.41) is 0. The Morgan fingerprint density at radius 2 is 1.83 bits per heavy atom. The second-order valence-corrected chi connectivity index (χ2v) is 9.06. The minimum absolute atomic E-state index is 0.0834. The van der Waals surface area contributed by atoms with E-state index in [-0.39, 0.29) is 17.1 Å². The summed E-state index contributed by atoms with van der Waals surface area (Å²) in [6, 6.07) is 4.09. The van der Waals surface area contributed by atoms with E-state index in [1.54, 1.807) is 11.0 Å². The van der Waals surface area contributed by atoms with Gasteiger partial charge in [0.15, 0.2) is 0 Å². The van der Waals surface area contributed by atoms with Gasteiger partial charge in [0, 0.05) is 18.5 Å². The topological polar surface area (TPSA) is 81.9 Å². The number of hydrogen-bond donors (Lipinski definition) is 1. The first kappa shape index (κ1) is 21.3. The van der Waals surface area contributed by atoms with Crippen LogP contribution in [0.25, 0.3) is 0 Å². The molecule has 1 aliphatic heterocycles. The maximum Gasteiger partial charge on any atom is 0.573 e. The molecule has 2 fully saturated rings. The molecule has 0 unspecified atom stereocenters. The lowest BCUT2D eigenvalue weighted by atomic mass is 9.56. The molecule has 0 atom stereocenters. The van der Waals surface area contributed by atoms with Gasteiger partial charge in [-0.2, -0.15) is 0 Å². The average Bonchev–Trinajstić information content (AvgIpc) is 2.44. The van der Waals surface area contributed by atoms with Gasteiger partial charge in [-0.15, -0.1) is 13.2 Å². The van der Waals surface area contributed by atoms with E-state index in [2.05, 4.69) is 4.74 Å². The predicted molar refractivity (Wildman–Crippen MR) is 98.3 cm³/mol. The first-order valence-electron chi connectivity index (χ1n) is 9.42. The lowest BCUT2D eigenvalue weighted by molar-refractivity contribution is -0.274. The van der Waals surface area contributed by atoms with Crippen molar-refractivity contribution in [1.82, 2.24) is 4.90 Å². The average molecular weight is 414 g/mol. The van der Waals surface area contributed by atoms with Crippen molar-refractivity contribution in [1.29, 1.82) is 0 Å². The standard InChI is InChI=1S/C20H25F3N2O4/c1-18(2,3)29-17(27)25-10-19(11-25)8-13(9-19)6-12-4-5-14(16(24)26)15(7-12)28-20(21,22)23/h4-5,7,13H,6,8-11H2,1-3H3,(H2,24,26). The molecule has 160 valence electrons. The number of nitrogens with two attached hydrogens (primary N) is 1. The van der Waals surface area contributed by atoms with Crippen LogP contribution in [-0.4, -0.2) is 42.0 Å². The van der Waals surface area contributed by atoms with Gasteiger partial charge in [-0.05, 0) is 63.6 Å². The van der Waals surface area contributed by atoms with Crippen LogP contribution in [0.2, 0.25) is 0 Å². The van der Waals surface area contributed by atoms with Crippen LogP contribution < -0.4 is 10.5 Å². The summed E-state index contributed by atoms with van der Waals surface area (Å²) in [7, 11) is 0. The number of amides is 2. The lowest BCUT2D eigenvalue weighted by Gasteiger charge is -2.59. The SMILES string of the molecule is CC(C)(C)OC(=O)N1CC2(CC(Cc3ccc(C(N)=O)c(OC(F)(F)F)c3)C2)C1. The van der Waals surface area contributed by atoms with Crippen molar-refractivity contribution in [2.75, 3.05) is 13.1 Å². The highest BCUT2D eigenvalue weighted by molar-refractivity contribution is 5.95. The van der Waals surface area contributed by atoms with Crippen molar-refractivity contribution >= 4 is 12.0 Å². The van der Waals surface area contributed by atoms with Crippen molar-refractivity contribution < 1.29 is 32.2 Å². The molecule has 1 saturated carbocycles. The molecule has 1 spiro atoms. The van der Waals surface area contributed by atoms with Crippen LogP contribution in [0.1, 0.15) is 49.5 Å². The van der Waals surface area contributed by atoms with Gasteiger partial charge in [-0.25, -0.2) is 4.79 Å². The van der Waals surface area contributed by atoms with E-state index in [9.17, 15) is 22.8 Å². The number of rotatable bonds is 4. The maximum atomic E-state index is 12.6. The zero-order valence-corrected chi connectivity index (χ0v) is 16.6. The molecule has 1 aliphatic carbocycles. The molecule has 2 N–H and O–H groups in total. The molecule has 2 amide bonds. The lowest BCUT2D eigenvalue weighted by Crippen LogP contribution is -2.64. The second-order valence-electron chi connectivity index (χ2n) is 9.06. The molecule has 0 bridgehead atoms. The zero-order chi connectivity index (χ0) is 21.6. The van der Waals surface area contributed by atoms with Crippen LogP contribution in [-0.2, 0) is 11.2 Å². The van der Waals surface area contributed by atoms with Crippen molar-refractivity contribution in [3.63, 3.8) is 0 Å². The zero-order valence-electron chi connectivity index (χ0n) is 16.6. The smallest absolute Gasteiger partial charge is 0.444 e. The van der Waals surface area contributed by atoms with E-state index in [1.807, 2.05) is 20.8 Å². The van der Waals surface area contributed by atoms with Crippen molar-refractivity contribution in [3.8, 4) is 5.75 Å². The number of likely N-dealkylation sites (tertiary alicyclic amines) is 1. The minimum Gasteiger partial charge on any atom is -0.444 e. The Kier molecular flexibility index (Phi) is 5.21. The number of carbonyl (C=O) groups is 2. The Morgan fingerprint density at radius 3 is 2.34 bits per heavy atom. The number of benzene rings is 1. The molecule has 3 rings (SSSR count). The van der Waals surface area contributed by atoms with Gasteiger partial charge in [0.25, 0.3) is 5.91 Å². The minimum atomic E-state index is -4.90. The van der Waals surface area contributed by atoms with Gasteiger partial charge in [-0.1, -0.05) is 6.07 Å². The normalized spacial score (nSPS) is 18.8. The fourth-order valence-corrected chi connectivity index (χ4v) is 4.23. The first-order valence-corrected chi connectivity index (χ1v) is 9.42. The summed E-state index contributed by atoms with van der Waals surface area (Å²) in [5.74, 6) is -1.25. The highest BCUT2D eigenvalue weighted by atomic mass is 19.4. The molecular weight excluding hydrogens is 389 g/mol. The van der Waals surface area contributed by atoms with Gasteiger partial charge in [0.2, 0.25) is 0 Å². The number of carbonyl (C=O) groups excluding carboxylic acids is 2. The van der Waals surface area contributed by atoms with E-state index in [0.29, 0.717) is 31.0 Å². The molecule has 1 aromatic rings. The van der Waals surface area contributed by atoms with E-state index in [0.717, 1.165) is 12.8 Å². The molecule has 1 aromatic carbocycles. The number of ether oxygens (including phenoxy) is 2. The van der Waals surface area contributed by atoms with E-state index < -0.39 is 23.6 Å². The fraction of sp³-hybridized carbons (Fsp3) is 0.600. The molecule has 1 saturated heterocycles. The maximum absolute atomic E-state index is 12.6. The summed E-state index contributed by atoms with van der Waals surface area (Å²) in [5.41, 5.74) is 5.03. The molecule has 0 radical (unpaired) electrons. The molecule has 9 heteroatoms. The summed E-state index contributed by atoms with van der Waals surface area (Å²) >= 11 is 0. The molecule has 0 aromatic heterocycles. The number of nitrogens with zero attached hydrogens (tertiary/aromatic N) is 1. The van der Waals surface area contributed by atoms with Crippen molar-refractivity contribution in [2.24, 2.45) is 17.1 Å². The number of halogens is 3. The molecular formula is C20H25F3N2O4. The Labute approximate surface area is 167 Å². The van der Waals surface area contributed by atoms with Crippen LogP contribution in [0.15, 0.2) is 18.2 Å². The van der Waals surface area contributed by atoms with Gasteiger partial charge >= 0.3 is 12.5 Å². The van der Waals surface area contributed by atoms with Crippen LogP contribution in [0, 0.1) is 11.3 Å². The van der Waals surface area contributed by atoms with Crippen molar-refractivity contribution in [2.45, 2.75) is 52.0 Å². The fourth-order valence-electron chi connectivity index (χ4n) is 4.23. The number of alkyl halides is 3. The molecule has 1 heterocycles. The van der Waals surface area contributed by atoms with Gasteiger partial charge in [0.1, 0.15) is 11.4 Å². The predicted octanol–water partition coefficient (Wildman–Crippen LogP) is 3.87. The van der Waals surface area contributed by atoms with Crippen LogP contribution in [0.4, 0.5) is 18.0 Å². The Balaban J connectivity index is 1.55. The summed E-state index contributed by atoms with van der Waals surface area (Å²) in [6.45, 7) is 6.74. The van der Waals surface area contributed by atoms with E-state index in [4.69, 9.17) is 10.5 Å². The summed E-state index contributed by atoms with van der Waals surface area (Å²) in [6.07, 6.45) is -2.87.